The van der Waals surface area contributed by atoms with Crippen LogP contribution in [-0.4, -0.2) is 17.6 Å². The monoisotopic (exact) mass is 247 g/mol. The number of carboxylic acids is 1. The van der Waals surface area contributed by atoms with Gasteiger partial charge in [0.15, 0.2) is 0 Å². The van der Waals surface area contributed by atoms with E-state index in [-0.39, 0.29) is 5.92 Å². The first-order valence-corrected chi connectivity index (χ1v) is 6.60. The maximum atomic E-state index is 11.7. The van der Waals surface area contributed by atoms with E-state index in [2.05, 4.69) is 6.07 Å². The number of benzene rings is 1. The normalized spacial score (nSPS) is 19.7. The summed E-state index contributed by atoms with van der Waals surface area (Å²) in [6.45, 7) is 2.43. The molecule has 1 aromatic rings. The van der Waals surface area contributed by atoms with Gasteiger partial charge in [-0.05, 0) is 25.3 Å². The second kappa shape index (κ2) is 5.11. The van der Waals surface area contributed by atoms with Gasteiger partial charge in [-0.2, -0.15) is 0 Å². The number of aliphatic carboxylic acids is 1. The molecule has 1 saturated carbocycles. The Balaban J connectivity index is 2.40. The van der Waals surface area contributed by atoms with Crippen molar-refractivity contribution >= 4 is 5.97 Å². The van der Waals surface area contributed by atoms with Crippen LogP contribution in [0.2, 0.25) is 0 Å². The zero-order chi connectivity index (χ0) is 13.2. The van der Waals surface area contributed by atoms with E-state index in [0.29, 0.717) is 6.54 Å². The van der Waals surface area contributed by atoms with Crippen LogP contribution in [-0.2, 0) is 4.79 Å². The summed E-state index contributed by atoms with van der Waals surface area (Å²) in [7, 11) is 0. The minimum absolute atomic E-state index is 0.0719. The third kappa shape index (κ3) is 2.15. The fraction of sp³-hybridized carbons (Fsp3) is 0.533. The smallest absolute Gasteiger partial charge is 0.310 e. The molecule has 2 rings (SSSR count). The van der Waals surface area contributed by atoms with Gasteiger partial charge in [-0.3, -0.25) is 4.79 Å². The summed E-state index contributed by atoms with van der Waals surface area (Å²) in [6.07, 6.45) is 3.49. The molecule has 0 spiro atoms. The van der Waals surface area contributed by atoms with Crippen LogP contribution in [0.3, 0.4) is 0 Å². The van der Waals surface area contributed by atoms with Crippen LogP contribution in [0.25, 0.3) is 0 Å². The molecule has 0 saturated heterocycles. The number of nitrogens with two attached hydrogens (primary N) is 1. The third-order valence-electron chi connectivity index (χ3n) is 4.27. The van der Waals surface area contributed by atoms with Crippen molar-refractivity contribution in [2.24, 2.45) is 11.1 Å². The van der Waals surface area contributed by atoms with Crippen LogP contribution < -0.4 is 5.73 Å². The molecule has 0 aliphatic heterocycles. The molecular weight excluding hydrogens is 226 g/mol. The fourth-order valence-corrected chi connectivity index (χ4v) is 3.28. The lowest BCUT2D eigenvalue weighted by Gasteiger charge is -2.33. The quantitative estimate of drug-likeness (QED) is 0.859. The summed E-state index contributed by atoms with van der Waals surface area (Å²) >= 11 is 0. The average Bonchev–Trinajstić information content (AvgIpc) is 2.81. The Morgan fingerprint density at radius 3 is 2.61 bits per heavy atom. The molecule has 3 heteroatoms. The van der Waals surface area contributed by atoms with Crippen molar-refractivity contribution in [1.29, 1.82) is 0 Å². The Kier molecular flexibility index (Phi) is 3.71. The molecule has 3 N–H and O–H groups in total. The number of rotatable bonds is 4. The average molecular weight is 247 g/mol. The van der Waals surface area contributed by atoms with Gasteiger partial charge in [0.2, 0.25) is 0 Å². The molecule has 0 aromatic heterocycles. The highest BCUT2D eigenvalue weighted by atomic mass is 16.4. The molecular formula is C15H21NO2. The Labute approximate surface area is 108 Å². The number of hydrogen-bond donors (Lipinski definition) is 2. The molecule has 98 valence electrons. The first kappa shape index (κ1) is 13.1. The minimum atomic E-state index is -0.683. The maximum absolute atomic E-state index is 11.7. The zero-order valence-electron chi connectivity index (χ0n) is 10.9. The topological polar surface area (TPSA) is 63.3 Å². The van der Waals surface area contributed by atoms with Gasteiger partial charge in [0.25, 0.3) is 0 Å². The molecule has 1 aliphatic rings. The summed E-state index contributed by atoms with van der Waals surface area (Å²) in [5.41, 5.74) is 7.47. The Morgan fingerprint density at radius 2 is 2.11 bits per heavy atom. The number of carboxylic acid groups (broad SMARTS) is 1. The summed E-state index contributed by atoms with van der Waals surface area (Å²) in [4.78, 5) is 11.7. The number of carbonyl (C=O) groups is 1. The Hall–Kier alpha value is -1.35. The fourth-order valence-electron chi connectivity index (χ4n) is 3.28. The summed E-state index contributed by atoms with van der Waals surface area (Å²) in [6, 6.07) is 8.09. The lowest BCUT2D eigenvalue weighted by atomic mass is 9.70. The molecule has 1 aromatic carbocycles. The van der Waals surface area contributed by atoms with Crippen molar-refractivity contribution in [3.63, 3.8) is 0 Å². The molecule has 0 unspecified atom stereocenters. The molecule has 1 aliphatic carbocycles. The van der Waals surface area contributed by atoms with Crippen molar-refractivity contribution in [1.82, 2.24) is 0 Å². The molecule has 0 heterocycles. The van der Waals surface area contributed by atoms with Crippen LogP contribution >= 0.6 is 0 Å². The molecule has 3 nitrogen and oxygen atoms in total. The predicted octanol–water partition coefficient (Wildman–Crippen LogP) is 2.68. The highest BCUT2D eigenvalue weighted by molar-refractivity contribution is 5.76. The predicted molar refractivity (Wildman–Crippen MR) is 71.5 cm³/mol. The van der Waals surface area contributed by atoms with Crippen LogP contribution in [0.1, 0.15) is 42.7 Å². The third-order valence-corrected chi connectivity index (χ3v) is 4.27. The summed E-state index contributed by atoms with van der Waals surface area (Å²) < 4.78 is 0. The summed E-state index contributed by atoms with van der Waals surface area (Å²) in [5.74, 6) is -0.755. The van der Waals surface area contributed by atoms with Gasteiger partial charge in [-0.1, -0.05) is 42.7 Å². The van der Waals surface area contributed by atoms with Crippen molar-refractivity contribution in [3.05, 3.63) is 35.4 Å². The largest absolute Gasteiger partial charge is 0.481 e. The van der Waals surface area contributed by atoms with Gasteiger partial charge >= 0.3 is 5.97 Å². The van der Waals surface area contributed by atoms with Gasteiger partial charge in [0.1, 0.15) is 0 Å². The van der Waals surface area contributed by atoms with E-state index in [4.69, 9.17) is 5.73 Å². The zero-order valence-corrected chi connectivity index (χ0v) is 10.9. The van der Waals surface area contributed by atoms with E-state index in [1.54, 1.807) is 0 Å². The van der Waals surface area contributed by atoms with Crippen LogP contribution in [0.15, 0.2) is 24.3 Å². The maximum Gasteiger partial charge on any atom is 0.310 e. The van der Waals surface area contributed by atoms with Crippen LogP contribution in [0, 0.1) is 12.3 Å². The molecule has 0 bridgehead atoms. The first-order valence-electron chi connectivity index (χ1n) is 6.60. The van der Waals surface area contributed by atoms with Crippen LogP contribution in [0.4, 0.5) is 0 Å². The van der Waals surface area contributed by atoms with Crippen molar-refractivity contribution in [2.45, 2.75) is 38.5 Å². The highest BCUT2D eigenvalue weighted by Gasteiger charge is 2.47. The van der Waals surface area contributed by atoms with Crippen LogP contribution in [0.5, 0.6) is 0 Å². The second-order valence-electron chi connectivity index (χ2n) is 5.37. The van der Waals surface area contributed by atoms with Gasteiger partial charge in [0, 0.05) is 12.5 Å². The lowest BCUT2D eigenvalue weighted by molar-refractivity contribution is -0.150. The molecule has 1 atom stereocenters. The Bertz CT molecular complexity index is 436. The molecule has 0 radical (unpaired) electrons. The standard InChI is InChI=1S/C15H21NO2/c1-11-5-4-6-12(9-11)13(10-16)15(14(17)18)7-2-3-8-15/h4-6,9,13H,2-3,7-8,10,16H2,1H3,(H,17,18)/t13-/m1/s1. The van der Waals surface area contributed by atoms with Crippen molar-refractivity contribution < 1.29 is 9.90 Å². The van der Waals surface area contributed by atoms with Crippen molar-refractivity contribution in [2.75, 3.05) is 6.54 Å². The first-order chi connectivity index (χ1) is 8.60. The number of aryl methyl sites for hydroxylation is 1. The highest BCUT2D eigenvalue weighted by Crippen LogP contribution is 2.48. The van der Waals surface area contributed by atoms with E-state index < -0.39 is 11.4 Å². The van der Waals surface area contributed by atoms with Gasteiger partial charge in [-0.25, -0.2) is 0 Å². The van der Waals surface area contributed by atoms with E-state index in [1.165, 1.54) is 0 Å². The Morgan fingerprint density at radius 1 is 1.44 bits per heavy atom. The van der Waals surface area contributed by atoms with Gasteiger partial charge in [-0.15, -0.1) is 0 Å². The van der Waals surface area contributed by atoms with E-state index in [1.807, 2.05) is 25.1 Å². The molecule has 0 amide bonds. The minimum Gasteiger partial charge on any atom is -0.481 e. The van der Waals surface area contributed by atoms with Gasteiger partial charge in [0.05, 0.1) is 5.41 Å². The van der Waals surface area contributed by atoms with Gasteiger partial charge < -0.3 is 10.8 Å². The summed E-state index contributed by atoms with van der Waals surface area (Å²) in [5, 5.41) is 9.64. The number of hydrogen-bond acceptors (Lipinski definition) is 2. The van der Waals surface area contributed by atoms with E-state index >= 15 is 0 Å². The molecule has 1 fully saturated rings. The van der Waals surface area contributed by atoms with E-state index in [9.17, 15) is 9.90 Å². The van der Waals surface area contributed by atoms with E-state index in [0.717, 1.165) is 36.8 Å². The second-order valence-corrected chi connectivity index (χ2v) is 5.37. The lowest BCUT2D eigenvalue weighted by Crippen LogP contribution is -2.38. The molecule has 18 heavy (non-hydrogen) atoms. The SMILES string of the molecule is Cc1cccc([C@@H](CN)C2(C(=O)O)CCCC2)c1. The van der Waals surface area contributed by atoms with Crippen molar-refractivity contribution in [3.8, 4) is 0 Å².